The van der Waals surface area contributed by atoms with Crippen LogP contribution in [0.1, 0.15) is 50.7 Å². The lowest BCUT2D eigenvalue weighted by Gasteiger charge is -2.35. The molecule has 222 valence electrons. The summed E-state index contributed by atoms with van der Waals surface area (Å²) < 4.78 is 5.44. The lowest BCUT2D eigenvalue weighted by Crippen LogP contribution is -2.59. The van der Waals surface area contributed by atoms with Gasteiger partial charge in [-0.25, -0.2) is 0 Å². The van der Waals surface area contributed by atoms with Crippen molar-refractivity contribution >= 4 is 23.7 Å². The minimum atomic E-state index is -1.09. The molecule has 3 amide bonds. The Morgan fingerprint density at radius 3 is 2.02 bits per heavy atom. The topological polar surface area (TPSA) is 108 Å². The molecule has 9 nitrogen and oxygen atoms in total. The number of carbonyl (C=O) groups excluding carboxylic acids is 4. The van der Waals surface area contributed by atoms with Crippen molar-refractivity contribution < 1.29 is 23.9 Å². The van der Waals surface area contributed by atoms with Gasteiger partial charge in [0.15, 0.2) is 0 Å². The highest BCUT2D eigenvalue weighted by molar-refractivity contribution is 5.94. The Morgan fingerprint density at radius 2 is 1.46 bits per heavy atom. The van der Waals surface area contributed by atoms with E-state index in [1.165, 1.54) is 4.90 Å². The second kappa shape index (κ2) is 15.9. The molecule has 3 atom stereocenters. The minimum absolute atomic E-state index is 0.0803. The Kier molecular flexibility index (Phi) is 12.3. The maximum absolute atomic E-state index is 13.7. The molecule has 1 saturated heterocycles. The average Bonchev–Trinajstić information content (AvgIpc) is 2.99. The van der Waals surface area contributed by atoms with Crippen LogP contribution in [0.15, 0.2) is 60.7 Å². The van der Waals surface area contributed by atoms with Crippen LogP contribution in [0.5, 0.6) is 0 Å². The summed E-state index contributed by atoms with van der Waals surface area (Å²) in [5.74, 6) is -1.83. The van der Waals surface area contributed by atoms with Crippen molar-refractivity contribution in [2.24, 2.45) is 5.92 Å². The van der Waals surface area contributed by atoms with Crippen molar-refractivity contribution in [3.8, 4) is 0 Å². The highest BCUT2D eigenvalue weighted by atomic mass is 16.5. The molecule has 1 heterocycles. The number of amides is 3. The maximum atomic E-state index is 13.7. The first-order valence-corrected chi connectivity index (χ1v) is 14.5. The number of esters is 1. The van der Waals surface area contributed by atoms with Gasteiger partial charge in [0.05, 0.1) is 12.5 Å². The Hall–Kier alpha value is -3.72. The Balaban J connectivity index is 1.73. The molecule has 0 aliphatic carbocycles. The molecule has 0 saturated carbocycles. The number of likely N-dealkylation sites (N-methyl/N-ethyl adjacent to an activating group) is 2. The number of hydrogen-bond donors (Lipinski definition) is 2. The van der Waals surface area contributed by atoms with E-state index in [1.54, 1.807) is 19.0 Å². The molecule has 0 spiro atoms. The van der Waals surface area contributed by atoms with Crippen LogP contribution < -0.4 is 10.6 Å². The summed E-state index contributed by atoms with van der Waals surface area (Å²) in [4.78, 5) is 56.7. The molecule has 9 heteroatoms. The fraction of sp³-hybridized carbons (Fsp3) is 0.500. The second-order valence-electron chi connectivity index (χ2n) is 11.0. The van der Waals surface area contributed by atoms with Crippen LogP contribution in [0.25, 0.3) is 0 Å². The summed E-state index contributed by atoms with van der Waals surface area (Å²) in [6.45, 7) is 4.96. The zero-order chi connectivity index (χ0) is 29.8. The van der Waals surface area contributed by atoms with E-state index in [2.05, 4.69) is 10.6 Å². The summed E-state index contributed by atoms with van der Waals surface area (Å²) in [5.41, 5.74) is 1.83. The van der Waals surface area contributed by atoms with Gasteiger partial charge in [-0.2, -0.15) is 0 Å². The normalized spacial score (nSPS) is 15.5. The van der Waals surface area contributed by atoms with Crippen LogP contribution in [-0.4, -0.2) is 78.8 Å². The first kappa shape index (κ1) is 31.8. The predicted octanol–water partition coefficient (Wildman–Crippen LogP) is 2.93. The van der Waals surface area contributed by atoms with Crippen LogP contribution in [0, 0.1) is 5.92 Å². The van der Waals surface area contributed by atoms with E-state index in [0.29, 0.717) is 19.5 Å². The standard InChI is InChI=1S/C32H44N4O5/c1-23(2)29(35(4)31(39)26(33-3)20-24-14-8-5-9-15-24)30(38)34-27(32(40)36-18-12-7-13-19-36)21-28(37)41-22-25-16-10-6-11-17-25/h5-6,8-11,14-17,23,26-27,29,33H,7,12-13,18-22H2,1-4H3,(H,34,38)/t26?,27?,29-/m0/s1. The van der Waals surface area contributed by atoms with Crippen molar-refractivity contribution in [2.75, 3.05) is 27.2 Å². The number of hydrogen-bond acceptors (Lipinski definition) is 6. The molecule has 0 aromatic heterocycles. The van der Waals surface area contributed by atoms with E-state index in [4.69, 9.17) is 4.74 Å². The molecule has 1 fully saturated rings. The minimum Gasteiger partial charge on any atom is -0.461 e. The van der Waals surface area contributed by atoms with E-state index in [1.807, 2.05) is 74.5 Å². The molecule has 2 aromatic rings. The summed E-state index contributed by atoms with van der Waals surface area (Å²) in [6.07, 6.45) is 2.98. The third-order valence-electron chi connectivity index (χ3n) is 7.49. The molecular weight excluding hydrogens is 520 g/mol. The predicted molar refractivity (Wildman–Crippen MR) is 158 cm³/mol. The monoisotopic (exact) mass is 564 g/mol. The molecule has 2 N–H and O–H groups in total. The fourth-order valence-electron chi connectivity index (χ4n) is 5.23. The molecule has 2 unspecified atom stereocenters. The van der Waals surface area contributed by atoms with Crippen LogP contribution in [-0.2, 0) is 36.9 Å². The number of nitrogens with one attached hydrogen (secondary N) is 2. The Labute approximate surface area is 243 Å². The molecule has 41 heavy (non-hydrogen) atoms. The van der Waals surface area contributed by atoms with Crippen LogP contribution >= 0.6 is 0 Å². The van der Waals surface area contributed by atoms with Crippen molar-refractivity contribution in [2.45, 2.75) is 70.7 Å². The summed E-state index contributed by atoms with van der Waals surface area (Å²) in [5, 5.41) is 5.90. The first-order chi connectivity index (χ1) is 19.7. The van der Waals surface area contributed by atoms with Gasteiger partial charge in [0.1, 0.15) is 18.7 Å². The quantitative estimate of drug-likeness (QED) is 0.362. The molecule has 0 bridgehead atoms. The van der Waals surface area contributed by atoms with Crippen molar-refractivity contribution in [1.82, 2.24) is 20.4 Å². The largest absolute Gasteiger partial charge is 0.461 e. The van der Waals surface area contributed by atoms with Crippen LogP contribution in [0.4, 0.5) is 0 Å². The van der Waals surface area contributed by atoms with E-state index in [9.17, 15) is 19.2 Å². The van der Waals surface area contributed by atoms with E-state index in [-0.39, 0.29) is 30.8 Å². The zero-order valence-electron chi connectivity index (χ0n) is 24.7. The summed E-state index contributed by atoms with van der Waals surface area (Å²) in [6, 6.07) is 16.5. The molecule has 2 aromatic carbocycles. The molecule has 1 aliphatic heterocycles. The van der Waals surface area contributed by atoms with Crippen molar-refractivity contribution in [3.05, 3.63) is 71.8 Å². The highest BCUT2D eigenvalue weighted by Gasteiger charge is 2.36. The Morgan fingerprint density at radius 1 is 0.878 bits per heavy atom. The fourth-order valence-corrected chi connectivity index (χ4v) is 5.23. The van der Waals surface area contributed by atoms with Gasteiger partial charge in [-0.3, -0.25) is 19.2 Å². The van der Waals surface area contributed by atoms with Gasteiger partial charge in [-0.1, -0.05) is 74.5 Å². The van der Waals surface area contributed by atoms with Crippen LogP contribution in [0.2, 0.25) is 0 Å². The molecule has 0 radical (unpaired) electrons. The second-order valence-corrected chi connectivity index (χ2v) is 11.0. The molecule has 3 rings (SSSR count). The number of ether oxygens (including phenoxy) is 1. The zero-order valence-corrected chi connectivity index (χ0v) is 24.7. The number of likely N-dealkylation sites (tertiary alicyclic amines) is 1. The Bertz CT molecular complexity index is 1140. The third-order valence-corrected chi connectivity index (χ3v) is 7.49. The van der Waals surface area contributed by atoms with E-state index < -0.39 is 30.0 Å². The van der Waals surface area contributed by atoms with Crippen molar-refractivity contribution in [1.29, 1.82) is 0 Å². The number of benzene rings is 2. The van der Waals surface area contributed by atoms with Gasteiger partial charge in [0, 0.05) is 20.1 Å². The average molecular weight is 565 g/mol. The molecule has 1 aliphatic rings. The third kappa shape index (κ3) is 9.42. The maximum Gasteiger partial charge on any atom is 0.308 e. The molecular formula is C32H44N4O5. The van der Waals surface area contributed by atoms with E-state index >= 15 is 0 Å². The summed E-state index contributed by atoms with van der Waals surface area (Å²) in [7, 11) is 3.33. The van der Waals surface area contributed by atoms with E-state index in [0.717, 1.165) is 30.4 Å². The SMILES string of the molecule is CNC(Cc1ccccc1)C(=O)N(C)[C@H](C(=O)NC(CC(=O)OCc1ccccc1)C(=O)N1CCCCC1)C(C)C. The van der Waals surface area contributed by atoms with Crippen molar-refractivity contribution in [3.63, 3.8) is 0 Å². The van der Waals surface area contributed by atoms with Gasteiger partial charge in [0.25, 0.3) is 0 Å². The van der Waals surface area contributed by atoms with Gasteiger partial charge in [-0.05, 0) is 49.8 Å². The number of nitrogens with zero attached hydrogens (tertiary/aromatic N) is 2. The van der Waals surface area contributed by atoms with Gasteiger partial charge in [-0.15, -0.1) is 0 Å². The number of carbonyl (C=O) groups is 4. The summed E-state index contributed by atoms with van der Waals surface area (Å²) >= 11 is 0. The highest BCUT2D eigenvalue weighted by Crippen LogP contribution is 2.16. The lowest BCUT2D eigenvalue weighted by molar-refractivity contribution is -0.150. The van der Waals surface area contributed by atoms with Gasteiger partial charge in [0.2, 0.25) is 17.7 Å². The van der Waals surface area contributed by atoms with Gasteiger partial charge < -0.3 is 25.2 Å². The number of rotatable bonds is 13. The number of piperidine rings is 1. The first-order valence-electron chi connectivity index (χ1n) is 14.5. The lowest BCUT2D eigenvalue weighted by atomic mass is 9.98. The van der Waals surface area contributed by atoms with Gasteiger partial charge >= 0.3 is 5.97 Å². The van der Waals surface area contributed by atoms with Crippen LogP contribution in [0.3, 0.4) is 0 Å². The smallest absolute Gasteiger partial charge is 0.308 e.